The molecule has 0 aliphatic carbocycles. The number of benzene rings is 3. The lowest BCUT2D eigenvalue weighted by atomic mass is 10.1. The maximum Gasteiger partial charge on any atom is 0.226 e. The van der Waals surface area contributed by atoms with Gasteiger partial charge < -0.3 is 9.15 Å². The lowest BCUT2D eigenvalue weighted by molar-refractivity contribution is 0.319. The third-order valence-corrected chi connectivity index (χ3v) is 5.66. The molecule has 0 radical (unpaired) electrons. The van der Waals surface area contributed by atoms with Crippen molar-refractivity contribution in [3.8, 4) is 22.9 Å². The number of para-hydroxylation sites is 1. The molecule has 2 aromatic heterocycles. The normalized spacial score (nSPS) is 11.0. The number of oxazole rings is 1. The van der Waals surface area contributed by atoms with Gasteiger partial charge in [0.25, 0.3) is 0 Å². The van der Waals surface area contributed by atoms with Crippen LogP contribution in [-0.4, -0.2) is 26.6 Å². The molecule has 0 spiro atoms. The van der Waals surface area contributed by atoms with E-state index in [9.17, 15) is 0 Å². The van der Waals surface area contributed by atoms with Gasteiger partial charge in [-0.15, -0.1) is 0 Å². The molecule has 6 nitrogen and oxygen atoms in total. The Hall–Kier alpha value is -4.19. The molecule has 0 saturated heterocycles. The number of hydrogen-bond donors (Lipinski definition) is 0. The van der Waals surface area contributed by atoms with Gasteiger partial charge in [-0.25, -0.2) is 4.98 Å². The number of aryl methyl sites for hydroxylation is 2. The second kappa shape index (κ2) is 9.75. The average molecular weight is 451 g/mol. The fourth-order valence-electron chi connectivity index (χ4n) is 3.82. The summed E-state index contributed by atoms with van der Waals surface area (Å²) in [6.07, 6.45) is 1.37. The van der Waals surface area contributed by atoms with Gasteiger partial charge in [0.1, 0.15) is 11.5 Å². The van der Waals surface area contributed by atoms with Crippen LogP contribution >= 0.6 is 0 Å². The van der Waals surface area contributed by atoms with E-state index in [1.165, 1.54) is 0 Å². The molecule has 2 heterocycles. The molecule has 6 heteroatoms. The quantitative estimate of drug-likeness (QED) is 0.301. The van der Waals surface area contributed by atoms with Gasteiger partial charge in [0.15, 0.2) is 0 Å². The summed E-state index contributed by atoms with van der Waals surface area (Å²) in [5.41, 5.74) is 5.85. The minimum absolute atomic E-state index is 0.522. The zero-order chi connectivity index (χ0) is 23.3. The molecule has 5 rings (SSSR count). The first-order valence-corrected chi connectivity index (χ1v) is 11.4. The highest BCUT2D eigenvalue weighted by molar-refractivity contribution is 5.53. The first kappa shape index (κ1) is 21.6. The van der Waals surface area contributed by atoms with Gasteiger partial charge in [-0.2, -0.15) is 15.0 Å². The summed E-state index contributed by atoms with van der Waals surface area (Å²) in [5.74, 6) is 2.30. The summed E-state index contributed by atoms with van der Waals surface area (Å²) in [6.45, 7) is 4.46. The van der Waals surface area contributed by atoms with Crippen molar-refractivity contribution in [1.82, 2.24) is 20.0 Å². The molecule has 0 atom stereocenters. The number of ether oxygens (including phenoxy) is 1. The Balaban J connectivity index is 1.22. The van der Waals surface area contributed by atoms with E-state index in [-0.39, 0.29) is 0 Å². The highest BCUT2D eigenvalue weighted by atomic mass is 16.5. The first-order valence-electron chi connectivity index (χ1n) is 11.4. The fraction of sp³-hybridized carbons (Fsp3) is 0.179. The molecule has 0 bridgehead atoms. The summed E-state index contributed by atoms with van der Waals surface area (Å²) < 4.78 is 11.9. The summed E-state index contributed by atoms with van der Waals surface area (Å²) >= 11 is 0. The third kappa shape index (κ3) is 4.91. The molecule has 0 aliphatic rings. The molecular formula is C28H26N4O2. The SMILES string of the molecule is Cc1nn(-c2ccccc2)nc1Cc1cccc(OCCc2nc(-c3ccccc3)oc2C)c1. The largest absolute Gasteiger partial charge is 0.493 e. The van der Waals surface area contributed by atoms with E-state index in [1.807, 2.05) is 86.6 Å². The molecule has 0 saturated carbocycles. The van der Waals surface area contributed by atoms with Crippen LogP contribution in [0.2, 0.25) is 0 Å². The van der Waals surface area contributed by atoms with Crippen LogP contribution in [0.3, 0.4) is 0 Å². The van der Waals surface area contributed by atoms with Crippen LogP contribution < -0.4 is 4.74 Å². The lowest BCUT2D eigenvalue weighted by Crippen LogP contribution is -2.03. The smallest absolute Gasteiger partial charge is 0.226 e. The number of hydrogen-bond acceptors (Lipinski definition) is 5. The Labute approximate surface area is 198 Å². The Morgan fingerprint density at radius 2 is 1.59 bits per heavy atom. The van der Waals surface area contributed by atoms with E-state index in [4.69, 9.17) is 9.15 Å². The van der Waals surface area contributed by atoms with Crippen molar-refractivity contribution in [3.05, 3.63) is 113 Å². The molecule has 0 unspecified atom stereocenters. The van der Waals surface area contributed by atoms with Crippen LogP contribution in [0, 0.1) is 13.8 Å². The van der Waals surface area contributed by atoms with Crippen LogP contribution in [0.4, 0.5) is 0 Å². The van der Waals surface area contributed by atoms with Crippen molar-refractivity contribution in [2.24, 2.45) is 0 Å². The Kier molecular flexibility index (Phi) is 6.21. The topological polar surface area (TPSA) is 66.0 Å². The predicted molar refractivity (Wildman–Crippen MR) is 131 cm³/mol. The number of aromatic nitrogens is 4. The van der Waals surface area contributed by atoms with Gasteiger partial charge >= 0.3 is 0 Å². The van der Waals surface area contributed by atoms with E-state index < -0.39 is 0 Å². The Morgan fingerprint density at radius 3 is 2.38 bits per heavy atom. The maximum atomic E-state index is 6.04. The summed E-state index contributed by atoms with van der Waals surface area (Å²) in [6, 6.07) is 28.0. The number of nitrogens with zero attached hydrogens (tertiary/aromatic N) is 4. The zero-order valence-corrected chi connectivity index (χ0v) is 19.3. The summed E-state index contributed by atoms with van der Waals surface area (Å²) in [7, 11) is 0. The molecule has 0 amide bonds. The van der Waals surface area contributed by atoms with Crippen molar-refractivity contribution in [3.63, 3.8) is 0 Å². The van der Waals surface area contributed by atoms with E-state index in [0.717, 1.165) is 45.4 Å². The molecule has 0 fully saturated rings. The lowest BCUT2D eigenvalue weighted by Gasteiger charge is -2.07. The molecule has 0 aliphatic heterocycles. The predicted octanol–water partition coefficient (Wildman–Crippen LogP) is 5.75. The van der Waals surface area contributed by atoms with E-state index >= 15 is 0 Å². The summed E-state index contributed by atoms with van der Waals surface area (Å²) in [4.78, 5) is 6.35. The minimum atomic E-state index is 0.522. The summed E-state index contributed by atoms with van der Waals surface area (Å²) in [5, 5.41) is 9.26. The molecule has 34 heavy (non-hydrogen) atoms. The highest BCUT2D eigenvalue weighted by Gasteiger charge is 2.12. The van der Waals surface area contributed by atoms with E-state index in [0.29, 0.717) is 25.3 Å². The van der Waals surface area contributed by atoms with Gasteiger partial charge in [0, 0.05) is 18.4 Å². The van der Waals surface area contributed by atoms with Gasteiger partial charge in [0.2, 0.25) is 5.89 Å². The highest BCUT2D eigenvalue weighted by Crippen LogP contribution is 2.22. The van der Waals surface area contributed by atoms with Gasteiger partial charge in [-0.3, -0.25) is 0 Å². The average Bonchev–Trinajstić information content (AvgIpc) is 3.43. The molecule has 3 aromatic carbocycles. The van der Waals surface area contributed by atoms with Crippen LogP contribution in [0.25, 0.3) is 17.1 Å². The van der Waals surface area contributed by atoms with Crippen molar-refractivity contribution in [2.45, 2.75) is 26.7 Å². The first-order chi connectivity index (χ1) is 16.7. The van der Waals surface area contributed by atoms with Crippen molar-refractivity contribution >= 4 is 0 Å². The van der Waals surface area contributed by atoms with Gasteiger partial charge in [0.05, 0.1) is 29.4 Å². The molecule has 0 N–H and O–H groups in total. The maximum absolute atomic E-state index is 6.04. The van der Waals surface area contributed by atoms with E-state index in [1.54, 1.807) is 4.80 Å². The van der Waals surface area contributed by atoms with Crippen LogP contribution in [0.15, 0.2) is 89.3 Å². The number of rotatable bonds is 8. The molecule has 170 valence electrons. The van der Waals surface area contributed by atoms with Crippen molar-refractivity contribution in [1.29, 1.82) is 0 Å². The minimum Gasteiger partial charge on any atom is -0.493 e. The third-order valence-electron chi connectivity index (χ3n) is 5.66. The van der Waals surface area contributed by atoms with Crippen LogP contribution in [0.5, 0.6) is 5.75 Å². The van der Waals surface area contributed by atoms with Crippen LogP contribution in [0.1, 0.15) is 28.4 Å². The zero-order valence-electron chi connectivity index (χ0n) is 19.3. The van der Waals surface area contributed by atoms with Crippen molar-refractivity contribution in [2.75, 3.05) is 6.61 Å². The standard InChI is InChI=1S/C28H26N4O2/c1-20-27(31-32(30-20)24-13-7-4-8-14-24)19-22-10-9-15-25(18-22)33-17-16-26-21(2)34-28(29-26)23-11-5-3-6-12-23/h3-15,18H,16-17,19H2,1-2H3. The van der Waals surface area contributed by atoms with Gasteiger partial charge in [-0.05, 0) is 55.8 Å². The second-order valence-corrected chi connectivity index (χ2v) is 8.17. The fourth-order valence-corrected chi connectivity index (χ4v) is 3.82. The molecular weight excluding hydrogens is 424 g/mol. The molecule has 5 aromatic rings. The van der Waals surface area contributed by atoms with Crippen LogP contribution in [-0.2, 0) is 12.8 Å². The Morgan fingerprint density at radius 1 is 0.824 bits per heavy atom. The van der Waals surface area contributed by atoms with Gasteiger partial charge in [-0.1, -0.05) is 48.5 Å². The van der Waals surface area contributed by atoms with Crippen molar-refractivity contribution < 1.29 is 9.15 Å². The van der Waals surface area contributed by atoms with E-state index in [2.05, 4.69) is 27.3 Å². The second-order valence-electron chi connectivity index (χ2n) is 8.17. The Bertz CT molecular complexity index is 1370. The monoisotopic (exact) mass is 450 g/mol.